The molecule has 0 fully saturated rings. The number of rotatable bonds is 4. The fourth-order valence-electron chi connectivity index (χ4n) is 1.10. The van der Waals surface area contributed by atoms with Crippen LogP contribution in [0, 0.1) is 0 Å². The number of hydrogen-bond donors (Lipinski definition) is 0. The van der Waals surface area contributed by atoms with E-state index in [4.69, 9.17) is 0 Å². The largest absolute Gasteiger partial charge is 0.323 e. The predicted octanol–water partition coefficient (Wildman–Crippen LogP) is 2.05. The van der Waals surface area contributed by atoms with Gasteiger partial charge in [-0.3, -0.25) is 0 Å². The van der Waals surface area contributed by atoms with E-state index in [1.807, 2.05) is 0 Å². The third kappa shape index (κ3) is 3.02. The summed E-state index contributed by atoms with van der Waals surface area (Å²) in [5, 5.41) is 0. The molecule has 0 aliphatic rings. The summed E-state index contributed by atoms with van der Waals surface area (Å²) in [4.78, 5) is 0. The van der Waals surface area contributed by atoms with Crippen LogP contribution in [-0.2, 0) is 0 Å². The van der Waals surface area contributed by atoms with Gasteiger partial charge in [0.15, 0.2) is 0 Å². The molecule has 0 heterocycles. The first-order valence-corrected chi connectivity index (χ1v) is 4.02. The molecule has 1 nitrogen and oxygen atoms in total. The second-order valence-corrected chi connectivity index (χ2v) is 3.37. The molecule has 0 spiro atoms. The molecule has 0 aromatic rings. The highest BCUT2D eigenvalue weighted by molar-refractivity contribution is 4.87. The van der Waals surface area contributed by atoms with Gasteiger partial charge in [0.05, 0.1) is 26.7 Å². The van der Waals surface area contributed by atoms with Crippen molar-refractivity contribution in [2.45, 2.75) is 20.8 Å². The summed E-state index contributed by atoms with van der Waals surface area (Å²) < 4.78 is 1.12. The molecule has 0 aliphatic carbocycles. The predicted molar refractivity (Wildman–Crippen MR) is 46.9 cm³/mol. The zero-order chi connectivity index (χ0) is 8.20. The molecule has 0 N–H and O–H groups in total. The van der Waals surface area contributed by atoms with Crippen molar-refractivity contribution in [3.05, 3.63) is 12.2 Å². The third-order valence-corrected chi connectivity index (χ3v) is 2.18. The van der Waals surface area contributed by atoms with Gasteiger partial charge in [0, 0.05) is 0 Å². The maximum Gasteiger partial charge on any atom is 0.0995 e. The summed E-state index contributed by atoms with van der Waals surface area (Å²) in [5.41, 5.74) is 1.28. The van der Waals surface area contributed by atoms with Gasteiger partial charge in [-0.1, -0.05) is 6.58 Å². The Labute approximate surface area is 64.9 Å². The van der Waals surface area contributed by atoms with E-state index in [2.05, 4.69) is 34.4 Å². The van der Waals surface area contributed by atoms with Crippen molar-refractivity contribution < 1.29 is 4.48 Å². The summed E-state index contributed by atoms with van der Waals surface area (Å²) in [6.45, 7) is 14.0. The molecule has 0 bridgehead atoms. The van der Waals surface area contributed by atoms with Gasteiger partial charge in [-0.2, -0.15) is 0 Å². The Bertz CT molecular complexity index is 112. The van der Waals surface area contributed by atoms with Crippen LogP contribution in [0.3, 0.4) is 0 Å². The van der Waals surface area contributed by atoms with Crippen LogP contribution in [0.25, 0.3) is 0 Å². The van der Waals surface area contributed by atoms with Crippen LogP contribution in [0.2, 0.25) is 0 Å². The zero-order valence-corrected chi connectivity index (χ0v) is 7.78. The van der Waals surface area contributed by atoms with E-state index in [1.165, 1.54) is 18.7 Å². The van der Waals surface area contributed by atoms with Crippen molar-refractivity contribution in [1.29, 1.82) is 0 Å². The molecule has 0 aliphatic heterocycles. The molecule has 0 unspecified atom stereocenters. The topological polar surface area (TPSA) is 0 Å². The normalized spacial score (nSPS) is 11.6. The minimum absolute atomic E-state index is 1.12. The van der Waals surface area contributed by atoms with Crippen LogP contribution in [-0.4, -0.2) is 31.2 Å². The van der Waals surface area contributed by atoms with E-state index >= 15 is 0 Å². The fraction of sp³-hybridized carbons (Fsp3) is 0.778. The summed E-state index contributed by atoms with van der Waals surface area (Å²) >= 11 is 0. The lowest BCUT2D eigenvalue weighted by molar-refractivity contribution is -0.901. The lowest BCUT2D eigenvalue weighted by Gasteiger charge is -2.32. The smallest absolute Gasteiger partial charge is 0.0995 e. The highest BCUT2D eigenvalue weighted by Gasteiger charge is 2.15. The number of nitrogens with zero attached hydrogens (tertiary/aromatic N) is 1. The summed E-state index contributed by atoms with van der Waals surface area (Å²) in [6, 6.07) is 0. The third-order valence-electron chi connectivity index (χ3n) is 2.18. The van der Waals surface area contributed by atoms with Crippen molar-refractivity contribution >= 4 is 0 Å². The number of likely N-dealkylation sites (N-methyl/N-ethyl adjacent to an activating group) is 1. The lowest BCUT2D eigenvalue weighted by atomic mass is 10.3. The molecule has 0 saturated carbocycles. The first-order valence-electron chi connectivity index (χ1n) is 4.02. The van der Waals surface area contributed by atoms with Crippen molar-refractivity contribution in [3.63, 3.8) is 0 Å². The van der Waals surface area contributed by atoms with Gasteiger partial charge in [-0.15, -0.1) is 0 Å². The first kappa shape index (κ1) is 9.70. The van der Waals surface area contributed by atoms with Crippen LogP contribution >= 0.6 is 0 Å². The van der Waals surface area contributed by atoms with E-state index in [9.17, 15) is 0 Å². The van der Waals surface area contributed by atoms with E-state index in [1.54, 1.807) is 0 Å². The van der Waals surface area contributed by atoms with E-state index in [-0.39, 0.29) is 0 Å². The second-order valence-electron chi connectivity index (χ2n) is 3.37. The number of hydrogen-bond acceptors (Lipinski definition) is 0. The molecule has 0 atom stereocenters. The Balaban J connectivity index is 3.92. The molecular formula is C9H20N+. The Hall–Kier alpha value is -0.300. The Morgan fingerprint density at radius 3 is 1.80 bits per heavy atom. The van der Waals surface area contributed by atoms with Gasteiger partial charge in [0.25, 0.3) is 0 Å². The van der Waals surface area contributed by atoms with Gasteiger partial charge in [-0.05, 0) is 26.3 Å². The molecule has 0 amide bonds. The minimum Gasteiger partial charge on any atom is -0.323 e. The Morgan fingerprint density at radius 2 is 1.70 bits per heavy atom. The van der Waals surface area contributed by atoms with Crippen LogP contribution in [0.1, 0.15) is 20.8 Å². The van der Waals surface area contributed by atoms with Crippen LogP contribution in [0.5, 0.6) is 0 Å². The van der Waals surface area contributed by atoms with Crippen LogP contribution < -0.4 is 0 Å². The highest BCUT2D eigenvalue weighted by atomic mass is 15.3. The minimum atomic E-state index is 1.12. The molecule has 0 aromatic heterocycles. The monoisotopic (exact) mass is 142 g/mol. The summed E-state index contributed by atoms with van der Waals surface area (Å²) in [5.74, 6) is 0. The molecule has 0 aromatic carbocycles. The molecule has 0 radical (unpaired) electrons. The van der Waals surface area contributed by atoms with Gasteiger partial charge >= 0.3 is 0 Å². The van der Waals surface area contributed by atoms with Gasteiger partial charge in [-0.25, -0.2) is 0 Å². The average Bonchev–Trinajstić information content (AvgIpc) is 1.87. The Kier molecular flexibility index (Phi) is 3.66. The van der Waals surface area contributed by atoms with E-state index in [0.29, 0.717) is 0 Å². The maximum absolute atomic E-state index is 3.92. The molecular weight excluding hydrogens is 122 g/mol. The maximum atomic E-state index is 3.92. The Morgan fingerprint density at radius 1 is 1.30 bits per heavy atom. The van der Waals surface area contributed by atoms with Crippen molar-refractivity contribution in [2.24, 2.45) is 0 Å². The first-order chi connectivity index (χ1) is 4.54. The standard InChI is InChI=1S/C9H20N/c1-6-10(5,7-2)8-9(3)4/h3,6-8H2,1-2,4-5H3/q+1. The number of quaternary nitrogens is 1. The SMILES string of the molecule is C=C(C)C[N+](C)(CC)CC. The zero-order valence-electron chi connectivity index (χ0n) is 7.78. The van der Waals surface area contributed by atoms with Crippen molar-refractivity contribution in [1.82, 2.24) is 0 Å². The van der Waals surface area contributed by atoms with Crippen molar-refractivity contribution in [2.75, 3.05) is 26.7 Å². The van der Waals surface area contributed by atoms with Gasteiger partial charge in [0.1, 0.15) is 0 Å². The van der Waals surface area contributed by atoms with Crippen molar-refractivity contribution in [3.8, 4) is 0 Å². The lowest BCUT2D eigenvalue weighted by Crippen LogP contribution is -2.44. The molecule has 1 heteroatoms. The summed E-state index contributed by atoms with van der Waals surface area (Å²) in [7, 11) is 2.27. The molecule has 10 heavy (non-hydrogen) atoms. The molecule has 60 valence electrons. The van der Waals surface area contributed by atoms with Crippen LogP contribution in [0.4, 0.5) is 0 Å². The second kappa shape index (κ2) is 3.77. The van der Waals surface area contributed by atoms with Gasteiger partial charge in [0.2, 0.25) is 0 Å². The van der Waals surface area contributed by atoms with Crippen LogP contribution in [0.15, 0.2) is 12.2 Å². The quantitative estimate of drug-likeness (QED) is 0.416. The average molecular weight is 142 g/mol. The van der Waals surface area contributed by atoms with E-state index in [0.717, 1.165) is 11.0 Å². The summed E-state index contributed by atoms with van der Waals surface area (Å²) in [6.07, 6.45) is 0. The van der Waals surface area contributed by atoms with E-state index < -0.39 is 0 Å². The highest BCUT2D eigenvalue weighted by Crippen LogP contribution is 2.04. The fourth-order valence-corrected chi connectivity index (χ4v) is 1.10. The molecule has 0 rings (SSSR count). The molecule has 0 saturated heterocycles. The van der Waals surface area contributed by atoms with Gasteiger partial charge < -0.3 is 4.48 Å².